The van der Waals surface area contributed by atoms with Crippen LogP contribution in [0.2, 0.25) is 0 Å². The number of allylic oxidation sites excluding steroid dienone is 2. The Morgan fingerprint density at radius 2 is 0.486 bits per heavy atom. The lowest BCUT2D eigenvalue weighted by molar-refractivity contribution is 0.826. The fourth-order valence-electron chi connectivity index (χ4n) is 14.0. The van der Waals surface area contributed by atoms with E-state index in [-0.39, 0.29) is 0 Å². The molecule has 344 valence electrons. The maximum absolute atomic E-state index is 2.56. The largest absolute Gasteiger partial charge is 0.310 e. The molecule has 0 aromatic heterocycles. The van der Waals surface area contributed by atoms with Crippen molar-refractivity contribution >= 4 is 66.8 Å². The SMILES string of the molecule is c1ccc(N(c2ccc3c(c2)C2(C4=C3C3(c5cc(N(c6ccccc6)c6ccc7ccccc7c6)ccc54)c4ccccc4-c4ccccc43)c3ccccc3-c3ccccc32)c2ccc3ccccc3c2)cc1. The first-order valence-electron chi connectivity index (χ1n) is 25.8. The molecule has 12 aromatic carbocycles. The zero-order chi connectivity index (χ0) is 48.5. The molecule has 0 bridgehead atoms. The molecule has 0 atom stereocenters. The number of fused-ring (bicyclic) bond motifs is 20. The van der Waals surface area contributed by atoms with Gasteiger partial charge in [-0.05, 0) is 172 Å². The lowest BCUT2D eigenvalue weighted by Gasteiger charge is -2.36. The quantitative estimate of drug-likeness (QED) is 0.164. The Hall–Kier alpha value is -9.50. The summed E-state index contributed by atoms with van der Waals surface area (Å²) in [5.74, 6) is 0. The maximum Gasteiger partial charge on any atom is 0.0729 e. The maximum atomic E-state index is 2.56. The second-order valence-electron chi connectivity index (χ2n) is 20.3. The topological polar surface area (TPSA) is 6.48 Å². The van der Waals surface area contributed by atoms with E-state index in [2.05, 4.69) is 289 Å². The number of nitrogens with zero attached hydrogens (tertiary/aromatic N) is 2. The van der Waals surface area contributed by atoms with E-state index in [0.717, 1.165) is 34.1 Å². The van der Waals surface area contributed by atoms with Gasteiger partial charge in [0, 0.05) is 34.1 Å². The van der Waals surface area contributed by atoms with Crippen LogP contribution in [0.1, 0.15) is 44.5 Å². The second kappa shape index (κ2) is 15.5. The van der Waals surface area contributed by atoms with Crippen LogP contribution in [0.3, 0.4) is 0 Å². The van der Waals surface area contributed by atoms with E-state index in [0.29, 0.717) is 0 Å². The Kier molecular flexibility index (Phi) is 8.62. The number of para-hydroxylation sites is 2. The standard InChI is InChI=1S/C72H46N2/c1-3-23-51(24-4-1)73(53-37-35-47-19-7-9-21-49(47)43-53)55-39-41-61-67(45-55)71(63-31-15-11-27-57(63)58-28-12-16-32-64(58)71)70-62-42-40-56(74(52-25-5-2-6-26-52)54-38-36-48-20-8-10-22-50(48)44-54)46-68(62)72(69(61)70)65-33-17-13-29-59(65)60-30-14-18-34-66(60)72/h1-46H. The van der Waals surface area contributed by atoms with Gasteiger partial charge in [0.25, 0.3) is 0 Å². The van der Waals surface area contributed by atoms with Gasteiger partial charge < -0.3 is 9.80 Å². The van der Waals surface area contributed by atoms with Gasteiger partial charge in [0.05, 0.1) is 10.8 Å². The van der Waals surface area contributed by atoms with Crippen LogP contribution in [0.4, 0.5) is 34.1 Å². The van der Waals surface area contributed by atoms with Crippen LogP contribution in [-0.2, 0) is 10.8 Å². The Bertz CT molecular complexity index is 3970. The first-order chi connectivity index (χ1) is 36.7. The summed E-state index contributed by atoms with van der Waals surface area (Å²) in [5.41, 5.74) is 23.9. The minimum Gasteiger partial charge on any atom is -0.310 e. The predicted molar refractivity (Wildman–Crippen MR) is 308 cm³/mol. The highest BCUT2D eigenvalue weighted by atomic mass is 15.1. The molecule has 0 N–H and O–H groups in total. The zero-order valence-electron chi connectivity index (χ0n) is 40.5. The van der Waals surface area contributed by atoms with Crippen LogP contribution in [0.5, 0.6) is 0 Å². The lowest BCUT2D eigenvalue weighted by atomic mass is 9.66. The van der Waals surface area contributed by atoms with E-state index in [4.69, 9.17) is 0 Å². The Labute approximate surface area is 431 Å². The van der Waals surface area contributed by atoms with Crippen LogP contribution in [-0.4, -0.2) is 0 Å². The third-order valence-electron chi connectivity index (χ3n) is 16.8. The molecular formula is C72H46N2. The van der Waals surface area contributed by atoms with Gasteiger partial charge >= 0.3 is 0 Å². The second-order valence-corrected chi connectivity index (χ2v) is 20.3. The predicted octanol–water partition coefficient (Wildman–Crippen LogP) is 18.5. The summed E-state index contributed by atoms with van der Waals surface area (Å²) in [4.78, 5) is 4.91. The number of rotatable bonds is 6. The van der Waals surface area contributed by atoms with Crippen LogP contribution >= 0.6 is 0 Å². The molecule has 12 aromatic rings. The average molecular weight is 939 g/mol. The van der Waals surface area contributed by atoms with E-state index >= 15 is 0 Å². The average Bonchev–Trinajstić information content (AvgIpc) is 4.35. The van der Waals surface area contributed by atoms with Gasteiger partial charge in [-0.15, -0.1) is 0 Å². The summed E-state index contributed by atoms with van der Waals surface area (Å²) < 4.78 is 0. The summed E-state index contributed by atoms with van der Waals surface area (Å²) in [7, 11) is 0. The summed E-state index contributed by atoms with van der Waals surface area (Å²) in [6.45, 7) is 0. The van der Waals surface area contributed by atoms with Gasteiger partial charge in [0.2, 0.25) is 0 Å². The van der Waals surface area contributed by atoms with Crippen molar-refractivity contribution in [2.24, 2.45) is 0 Å². The summed E-state index contributed by atoms with van der Waals surface area (Å²) in [5, 5.41) is 4.88. The number of benzene rings is 12. The first-order valence-corrected chi connectivity index (χ1v) is 25.8. The smallest absolute Gasteiger partial charge is 0.0729 e. The molecule has 74 heavy (non-hydrogen) atoms. The molecule has 0 fully saturated rings. The lowest BCUT2D eigenvalue weighted by Crippen LogP contribution is -2.29. The normalized spacial score (nSPS) is 14.4. The van der Waals surface area contributed by atoms with Crippen molar-refractivity contribution in [1.82, 2.24) is 0 Å². The van der Waals surface area contributed by atoms with Gasteiger partial charge in [-0.3, -0.25) is 0 Å². The van der Waals surface area contributed by atoms with Gasteiger partial charge in [-0.1, -0.05) is 206 Å². The highest BCUT2D eigenvalue weighted by molar-refractivity contribution is 6.20. The van der Waals surface area contributed by atoms with Crippen molar-refractivity contribution < 1.29 is 0 Å². The number of hydrogen-bond donors (Lipinski definition) is 0. The third-order valence-corrected chi connectivity index (χ3v) is 16.8. The molecule has 2 spiro atoms. The Morgan fingerprint density at radius 1 is 0.189 bits per heavy atom. The third kappa shape index (κ3) is 5.44. The molecule has 4 aliphatic carbocycles. The van der Waals surface area contributed by atoms with Gasteiger partial charge in [0.15, 0.2) is 0 Å². The van der Waals surface area contributed by atoms with Gasteiger partial charge in [-0.25, -0.2) is 0 Å². The summed E-state index contributed by atoms with van der Waals surface area (Å²) >= 11 is 0. The molecule has 0 saturated carbocycles. The van der Waals surface area contributed by atoms with E-state index in [1.807, 2.05) is 0 Å². The van der Waals surface area contributed by atoms with Crippen molar-refractivity contribution in [3.05, 3.63) is 324 Å². The molecule has 2 nitrogen and oxygen atoms in total. The van der Waals surface area contributed by atoms with E-state index in [1.54, 1.807) is 0 Å². The minimum atomic E-state index is -0.649. The van der Waals surface area contributed by atoms with Gasteiger partial charge in [0.1, 0.15) is 0 Å². The van der Waals surface area contributed by atoms with Crippen LogP contribution in [0.15, 0.2) is 279 Å². The molecule has 4 aliphatic rings. The van der Waals surface area contributed by atoms with Crippen LogP contribution < -0.4 is 9.80 Å². The van der Waals surface area contributed by atoms with E-state index in [1.165, 1.54) is 99.5 Å². The fraction of sp³-hybridized carbons (Fsp3) is 0.0278. The fourth-order valence-corrected chi connectivity index (χ4v) is 14.0. The molecule has 0 radical (unpaired) electrons. The van der Waals surface area contributed by atoms with Crippen LogP contribution in [0, 0.1) is 0 Å². The van der Waals surface area contributed by atoms with Crippen molar-refractivity contribution in [2.45, 2.75) is 10.8 Å². The minimum absolute atomic E-state index is 0.649. The monoisotopic (exact) mass is 938 g/mol. The Balaban J connectivity index is 1.02. The summed E-state index contributed by atoms with van der Waals surface area (Å²) in [6, 6.07) is 105. The Morgan fingerprint density at radius 3 is 0.865 bits per heavy atom. The molecule has 0 saturated heterocycles. The van der Waals surface area contributed by atoms with Gasteiger partial charge in [-0.2, -0.15) is 0 Å². The van der Waals surface area contributed by atoms with Crippen LogP contribution in [0.25, 0.3) is 54.9 Å². The zero-order valence-corrected chi connectivity index (χ0v) is 40.5. The molecule has 0 heterocycles. The molecule has 0 amide bonds. The molecular weight excluding hydrogens is 893 g/mol. The molecule has 0 unspecified atom stereocenters. The van der Waals surface area contributed by atoms with Crippen molar-refractivity contribution in [3.8, 4) is 22.3 Å². The highest BCUT2D eigenvalue weighted by Gasteiger charge is 2.63. The molecule has 2 heteroatoms. The highest BCUT2D eigenvalue weighted by Crippen LogP contribution is 2.75. The number of anilines is 6. The van der Waals surface area contributed by atoms with E-state index in [9.17, 15) is 0 Å². The van der Waals surface area contributed by atoms with Crippen molar-refractivity contribution in [3.63, 3.8) is 0 Å². The van der Waals surface area contributed by atoms with Crippen molar-refractivity contribution in [2.75, 3.05) is 9.80 Å². The number of hydrogen-bond acceptors (Lipinski definition) is 2. The first kappa shape index (κ1) is 41.2. The van der Waals surface area contributed by atoms with E-state index < -0.39 is 10.8 Å². The molecule has 0 aliphatic heterocycles. The molecule has 16 rings (SSSR count). The summed E-state index contributed by atoms with van der Waals surface area (Å²) in [6.07, 6.45) is 0. The van der Waals surface area contributed by atoms with Crippen molar-refractivity contribution in [1.29, 1.82) is 0 Å².